The quantitative estimate of drug-likeness (QED) is 0.791. The van der Waals surface area contributed by atoms with Crippen molar-refractivity contribution in [2.24, 2.45) is 11.1 Å². The number of carbonyl (C=O) groups excluding carboxylic acids is 2. The second-order valence-electron chi connectivity index (χ2n) is 4.66. The topological polar surface area (TPSA) is 78.6 Å². The van der Waals surface area contributed by atoms with Gasteiger partial charge in [-0.15, -0.1) is 0 Å². The molecule has 0 bridgehead atoms. The van der Waals surface area contributed by atoms with E-state index in [-0.39, 0.29) is 5.78 Å². The Kier molecular flexibility index (Phi) is 4.53. The molecule has 0 saturated heterocycles. The fourth-order valence-electron chi connectivity index (χ4n) is 1.48. The number of methoxy groups -OCH3 is 2. The van der Waals surface area contributed by atoms with Crippen molar-refractivity contribution in [1.82, 2.24) is 0 Å². The molecule has 0 spiro atoms. The third kappa shape index (κ3) is 3.47. The van der Waals surface area contributed by atoms with E-state index < -0.39 is 11.3 Å². The maximum Gasteiger partial charge on any atom is 0.223 e. The largest absolute Gasteiger partial charge is 0.497 e. The van der Waals surface area contributed by atoms with Gasteiger partial charge in [-0.2, -0.15) is 0 Å². The van der Waals surface area contributed by atoms with Crippen LogP contribution >= 0.6 is 0 Å². The molecule has 103 valence electrons. The summed E-state index contributed by atoms with van der Waals surface area (Å²) < 4.78 is 10.2. The first-order valence-corrected chi connectivity index (χ1v) is 5.74. The molecule has 0 aliphatic carbocycles. The zero-order valence-electron chi connectivity index (χ0n) is 11.5. The molecule has 1 radical (unpaired) electrons. The summed E-state index contributed by atoms with van der Waals surface area (Å²) in [5, 5.41) is 0. The Balaban J connectivity index is 3.03. The summed E-state index contributed by atoms with van der Waals surface area (Å²) in [6.07, 6.45) is 1.29. The van der Waals surface area contributed by atoms with Crippen LogP contribution in [0.2, 0.25) is 0 Å². The molecule has 1 aromatic rings. The first-order chi connectivity index (χ1) is 8.81. The summed E-state index contributed by atoms with van der Waals surface area (Å²) in [5.74, 6) is 0.0973. The average Bonchev–Trinajstić information content (AvgIpc) is 2.37. The fourth-order valence-corrected chi connectivity index (χ4v) is 1.48. The highest BCUT2D eigenvalue weighted by Gasteiger charge is 2.30. The molecule has 0 fully saturated rings. The van der Waals surface area contributed by atoms with Crippen LogP contribution in [0, 0.1) is 11.8 Å². The zero-order chi connectivity index (χ0) is 14.6. The van der Waals surface area contributed by atoms with Gasteiger partial charge in [0.05, 0.1) is 25.2 Å². The van der Waals surface area contributed by atoms with Gasteiger partial charge in [0.15, 0.2) is 5.78 Å². The monoisotopic (exact) mass is 264 g/mol. The highest BCUT2D eigenvalue weighted by molar-refractivity contribution is 6.08. The summed E-state index contributed by atoms with van der Waals surface area (Å²) in [7, 11) is 2.99. The molecule has 5 nitrogen and oxygen atoms in total. The van der Waals surface area contributed by atoms with Gasteiger partial charge in [-0.25, -0.2) is 0 Å². The Morgan fingerprint density at radius 2 is 1.84 bits per heavy atom. The summed E-state index contributed by atoms with van der Waals surface area (Å²) in [5.41, 5.74) is 4.59. The molecule has 0 saturated carbocycles. The van der Waals surface area contributed by atoms with Crippen molar-refractivity contribution in [2.45, 2.75) is 13.8 Å². The van der Waals surface area contributed by atoms with E-state index in [4.69, 9.17) is 15.2 Å². The SMILES string of the molecule is COc1ccc(C(=O)[CH]C(C)(C)C(N)=O)c(OC)c1. The van der Waals surface area contributed by atoms with Crippen molar-refractivity contribution >= 4 is 11.7 Å². The van der Waals surface area contributed by atoms with E-state index in [1.807, 2.05) is 0 Å². The van der Waals surface area contributed by atoms with Crippen LogP contribution in [0.5, 0.6) is 11.5 Å². The summed E-state index contributed by atoms with van der Waals surface area (Å²) in [6, 6.07) is 4.85. The molecule has 19 heavy (non-hydrogen) atoms. The number of benzene rings is 1. The van der Waals surface area contributed by atoms with Crippen LogP contribution in [0.3, 0.4) is 0 Å². The number of ketones is 1. The lowest BCUT2D eigenvalue weighted by Gasteiger charge is -2.19. The van der Waals surface area contributed by atoms with Crippen molar-refractivity contribution in [3.8, 4) is 11.5 Å². The molecule has 1 rings (SSSR count). The van der Waals surface area contributed by atoms with Crippen LogP contribution < -0.4 is 15.2 Å². The Bertz CT molecular complexity index is 494. The second kappa shape index (κ2) is 5.73. The molecule has 1 aromatic carbocycles. The number of Topliss-reactive ketones (excluding diaryl/α,β-unsaturated/α-hetero) is 1. The van der Waals surface area contributed by atoms with Crippen molar-refractivity contribution in [1.29, 1.82) is 0 Å². The van der Waals surface area contributed by atoms with E-state index in [0.29, 0.717) is 17.1 Å². The van der Waals surface area contributed by atoms with Crippen molar-refractivity contribution in [2.75, 3.05) is 14.2 Å². The van der Waals surface area contributed by atoms with E-state index in [1.54, 1.807) is 32.0 Å². The van der Waals surface area contributed by atoms with E-state index in [2.05, 4.69) is 0 Å². The van der Waals surface area contributed by atoms with Gasteiger partial charge in [0.25, 0.3) is 0 Å². The molecule has 0 unspecified atom stereocenters. The smallest absolute Gasteiger partial charge is 0.223 e. The molecule has 0 aliphatic rings. The number of primary amides is 1. The molecular weight excluding hydrogens is 246 g/mol. The number of nitrogens with two attached hydrogens (primary N) is 1. The minimum atomic E-state index is -1.01. The lowest BCUT2D eigenvalue weighted by molar-refractivity contribution is -0.124. The normalized spacial score (nSPS) is 10.9. The lowest BCUT2D eigenvalue weighted by Crippen LogP contribution is -2.34. The van der Waals surface area contributed by atoms with Crippen LogP contribution in [0.25, 0.3) is 0 Å². The van der Waals surface area contributed by atoms with Crippen LogP contribution in [-0.2, 0) is 4.79 Å². The fraction of sp³-hybridized carbons (Fsp3) is 0.357. The number of rotatable bonds is 6. The standard InChI is InChI=1S/C14H18NO4/c1-14(2,13(15)17)8-11(16)10-6-5-9(18-3)7-12(10)19-4/h5-8H,1-4H3,(H2,15,17). The third-order valence-electron chi connectivity index (χ3n) is 2.80. The zero-order valence-corrected chi connectivity index (χ0v) is 11.5. The van der Waals surface area contributed by atoms with Gasteiger partial charge in [-0.05, 0) is 12.1 Å². The van der Waals surface area contributed by atoms with E-state index >= 15 is 0 Å². The number of carbonyl (C=O) groups is 2. The van der Waals surface area contributed by atoms with Crippen LogP contribution in [0.1, 0.15) is 24.2 Å². The highest BCUT2D eigenvalue weighted by Crippen LogP contribution is 2.28. The third-order valence-corrected chi connectivity index (χ3v) is 2.80. The van der Waals surface area contributed by atoms with Gasteiger partial charge >= 0.3 is 0 Å². The molecule has 1 amide bonds. The van der Waals surface area contributed by atoms with E-state index in [9.17, 15) is 9.59 Å². The van der Waals surface area contributed by atoms with Gasteiger partial charge in [-0.3, -0.25) is 9.59 Å². The summed E-state index contributed by atoms with van der Waals surface area (Å²) in [6.45, 7) is 3.17. The molecule has 0 heterocycles. The molecule has 5 heteroatoms. The molecule has 0 aliphatic heterocycles. The predicted molar refractivity (Wildman–Crippen MR) is 71.2 cm³/mol. The van der Waals surface area contributed by atoms with Crippen LogP contribution in [0.15, 0.2) is 18.2 Å². The van der Waals surface area contributed by atoms with Crippen molar-refractivity contribution < 1.29 is 19.1 Å². The number of ether oxygens (including phenoxy) is 2. The molecular formula is C14H18NO4. The Morgan fingerprint density at radius 1 is 1.21 bits per heavy atom. The van der Waals surface area contributed by atoms with Gasteiger partial charge in [-0.1, -0.05) is 13.8 Å². The predicted octanol–water partition coefficient (Wildman–Crippen LogP) is 1.60. The summed E-state index contributed by atoms with van der Waals surface area (Å²) in [4.78, 5) is 23.4. The number of amides is 1. The maximum atomic E-state index is 12.2. The lowest BCUT2D eigenvalue weighted by atomic mass is 9.85. The molecule has 0 aromatic heterocycles. The first-order valence-electron chi connectivity index (χ1n) is 5.74. The van der Waals surface area contributed by atoms with Gasteiger partial charge in [0, 0.05) is 12.5 Å². The van der Waals surface area contributed by atoms with Crippen molar-refractivity contribution in [3.05, 3.63) is 30.2 Å². The number of hydrogen-bond acceptors (Lipinski definition) is 4. The second-order valence-corrected chi connectivity index (χ2v) is 4.66. The van der Waals surface area contributed by atoms with Gasteiger partial charge in [0.1, 0.15) is 11.5 Å². The van der Waals surface area contributed by atoms with Crippen molar-refractivity contribution in [3.63, 3.8) is 0 Å². The van der Waals surface area contributed by atoms with Crippen LogP contribution in [-0.4, -0.2) is 25.9 Å². The van der Waals surface area contributed by atoms with E-state index in [1.165, 1.54) is 20.6 Å². The Hall–Kier alpha value is -2.04. The Morgan fingerprint density at radius 3 is 2.32 bits per heavy atom. The highest BCUT2D eigenvalue weighted by atomic mass is 16.5. The van der Waals surface area contributed by atoms with E-state index in [0.717, 1.165) is 0 Å². The average molecular weight is 264 g/mol. The van der Waals surface area contributed by atoms with Gasteiger partial charge < -0.3 is 15.2 Å². The molecule has 0 atom stereocenters. The maximum absolute atomic E-state index is 12.2. The summed E-state index contributed by atoms with van der Waals surface area (Å²) >= 11 is 0. The Labute approximate surface area is 112 Å². The number of hydrogen-bond donors (Lipinski definition) is 1. The first kappa shape index (κ1) is 15.0. The van der Waals surface area contributed by atoms with Crippen LogP contribution in [0.4, 0.5) is 0 Å². The molecule has 2 N–H and O–H groups in total. The minimum absolute atomic E-state index is 0.316. The van der Waals surface area contributed by atoms with Gasteiger partial charge in [0.2, 0.25) is 5.91 Å². The minimum Gasteiger partial charge on any atom is -0.497 e.